The molecule has 1 fully saturated rings. The number of halogens is 2. The Hall–Kier alpha value is -3.20. The van der Waals surface area contributed by atoms with Crippen LogP contribution in [0.1, 0.15) is 38.7 Å². The van der Waals surface area contributed by atoms with Crippen LogP contribution in [0.3, 0.4) is 0 Å². The molecule has 168 valence electrons. The first-order valence-corrected chi connectivity index (χ1v) is 11.4. The Morgan fingerprint density at radius 3 is 2.30 bits per heavy atom. The highest BCUT2D eigenvalue weighted by atomic mass is 35.5. The Balaban J connectivity index is 1.71. The van der Waals surface area contributed by atoms with Crippen molar-refractivity contribution in [1.29, 1.82) is 5.26 Å². The molecule has 4 rings (SSSR count). The Morgan fingerprint density at radius 1 is 1.03 bits per heavy atom. The average Bonchev–Trinajstić information content (AvgIpc) is 2.78. The molecule has 0 saturated carbocycles. The minimum atomic E-state index is -0.150. The first kappa shape index (κ1) is 23.0. The summed E-state index contributed by atoms with van der Waals surface area (Å²) < 4.78 is 0. The normalized spacial score (nSPS) is 15.9. The number of anilines is 1. The summed E-state index contributed by atoms with van der Waals surface area (Å²) in [5, 5.41) is 20.2. The van der Waals surface area contributed by atoms with Crippen LogP contribution in [0.25, 0.3) is 0 Å². The summed E-state index contributed by atoms with van der Waals surface area (Å²) in [6, 6.07) is 18.1. The number of aryl methyl sites for hydroxylation is 2. The topological polar surface area (TPSA) is 67.6 Å². The monoisotopic (exact) mass is 479 g/mol. The van der Waals surface area contributed by atoms with Gasteiger partial charge in [-0.3, -0.25) is 4.79 Å². The van der Waals surface area contributed by atoms with Crippen LogP contribution in [0.15, 0.2) is 54.6 Å². The number of aromatic hydroxyl groups is 1. The number of amides is 1. The minimum absolute atomic E-state index is 0.0606. The zero-order valence-electron chi connectivity index (χ0n) is 18.3. The molecule has 7 heteroatoms. The van der Waals surface area contributed by atoms with Gasteiger partial charge in [0.2, 0.25) is 0 Å². The van der Waals surface area contributed by atoms with Gasteiger partial charge in [0.15, 0.2) is 0 Å². The summed E-state index contributed by atoms with van der Waals surface area (Å²) >= 11 is 12.7. The lowest BCUT2D eigenvalue weighted by molar-refractivity contribution is 0.0720. The van der Waals surface area contributed by atoms with Crippen molar-refractivity contribution in [2.24, 2.45) is 0 Å². The SMILES string of the molecule is Cc1cc(O)cc(C)c1C(=O)N1CCN(c2ccc(C#N)cc2Cl)[C@H](c2ccc(Cl)cc2)C1. The number of phenolic OH excluding ortho intramolecular Hbond substituents is 1. The Labute approximate surface area is 203 Å². The van der Waals surface area contributed by atoms with E-state index in [1.165, 1.54) is 0 Å². The van der Waals surface area contributed by atoms with Gasteiger partial charge in [0.05, 0.1) is 28.4 Å². The molecule has 1 N–H and O–H groups in total. The van der Waals surface area contributed by atoms with Crippen molar-refractivity contribution >= 4 is 34.8 Å². The summed E-state index contributed by atoms with van der Waals surface area (Å²) in [4.78, 5) is 17.5. The maximum Gasteiger partial charge on any atom is 0.254 e. The largest absolute Gasteiger partial charge is 0.508 e. The first-order chi connectivity index (χ1) is 15.8. The van der Waals surface area contributed by atoms with E-state index in [9.17, 15) is 15.2 Å². The number of nitriles is 1. The molecular weight excluding hydrogens is 457 g/mol. The van der Waals surface area contributed by atoms with Crippen LogP contribution in [0, 0.1) is 25.2 Å². The molecule has 0 bridgehead atoms. The number of nitrogens with zero attached hydrogens (tertiary/aromatic N) is 3. The fraction of sp³-hybridized carbons (Fsp3) is 0.231. The van der Waals surface area contributed by atoms with E-state index >= 15 is 0 Å². The molecule has 1 saturated heterocycles. The van der Waals surface area contributed by atoms with E-state index in [0.29, 0.717) is 40.8 Å². The van der Waals surface area contributed by atoms with E-state index in [2.05, 4.69) is 11.0 Å². The molecule has 0 spiro atoms. The highest BCUT2D eigenvalue weighted by Crippen LogP contribution is 2.36. The van der Waals surface area contributed by atoms with Crippen molar-refractivity contribution in [2.45, 2.75) is 19.9 Å². The van der Waals surface area contributed by atoms with Gasteiger partial charge in [0.1, 0.15) is 5.75 Å². The number of piperazine rings is 1. The zero-order chi connectivity index (χ0) is 23.7. The molecule has 0 aliphatic carbocycles. The van der Waals surface area contributed by atoms with Crippen molar-refractivity contribution < 1.29 is 9.90 Å². The van der Waals surface area contributed by atoms with Crippen molar-refractivity contribution in [2.75, 3.05) is 24.5 Å². The Bertz CT molecular complexity index is 1230. The van der Waals surface area contributed by atoms with Crippen molar-refractivity contribution in [1.82, 2.24) is 4.90 Å². The highest BCUT2D eigenvalue weighted by Gasteiger charge is 2.33. The van der Waals surface area contributed by atoms with Crippen LogP contribution < -0.4 is 4.90 Å². The molecule has 3 aromatic rings. The van der Waals surface area contributed by atoms with E-state index in [4.69, 9.17) is 23.2 Å². The summed E-state index contributed by atoms with van der Waals surface area (Å²) in [5.74, 6) is 0.0930. The molecule has 3 aromatic carbocycles. The predicted molar refractivity (Wildman–Crippen MR) is 131 cm³/mol. The lowest BCUT2D eigenvalue weighted by atomic mass is 9.97. The minimum Gasteiger partial charge on any atom is -0.508 e. The number of benzene rings is 3. The smallest absolute Gasteiger partial charge is 0.254 e. The van der Waals surface area contributed by atoms with Crippen molar-refractivity contribution in [3.63, 3.8) is 0 Å². The molecule has 1 aliphatic heterocycles. The number of carbonyl (C=O) groups is 1. The number of hydrogen-bond acceptors (Lipinski definition) is 4. The van der Waals surface area contributed by atoms with Gasteiger partial charge in [-0.1, -0.05) is 35.3 Å². The van der Waals surface area contributed by atoms with Gasteiger partial charge in [0, 0.05) is 30.2 Å². The quantitative estimate of drug-likeness (QED) is 0.508. The van der Waals surface area contributed by atoms with Crippen LogP contribution in [0.2, 0.25) is 10.0 Å². The maximum atomic E-state index is 13.5. The third kappa shape index (κ3) is 4.64. The molecule has 1 amide bonds. The molecule has 0 unspecified atom stereocenters. The van der Waals surface area contributed by atoms with E-state index in [-0.39, 0.29) is 17.7 Å². The van der Waals surface area contributed by atoms with Crippen LogP contribution in [0.5, 0.6) is 5.75 Å². The second kappa shape index (κ2) is 9.35. The lowest BCUT2D eigenvalue weighted by Crippen LogP contribution is -2.51. The first-order valence-electron chi connectivity index (χ1n) is 10.6. The van der Waals surface area contributed by atoms with Gasteiger partial charge in [-0.05, 0) is 73.0 Å². The summed E-state index contributed by atoms with van der Waals surface area (Å²) in [6.45, 7) is 5.21. The van der Waals surface area contributed by atoms with Gasteiger partial charge in [-0.25, -0.2) is 0 Å². The molecule has 0 radical (unpaired) electrons. The lowest BCUT2D eigenvalue weighted by Gasteiger charge is -2.43. The predicted octanol–water partition coefficient (Wildman–Crippen LogP) is 5.89. The van der Waals surface area contributed by atoms with E-state index in [0.717, 1.165) is 22.4 Å². The fourth-order valence-electron chi connectivity index (χ4n) is 4.47. The van der Waals surface area contributed by atoms with Crippen LogP contribution in [-0.4, -0.2) is 35.5 Å². The van der Waals surface area contributed by atoms with Crippen LogP contribution in [0.4, 0.5) is 5.69 Å². The molecule has 0 aromatic heterocycles. The molecule has 1 aliphatic rings. The standard InChI is InChI=1S/C26H23Cl2N3O2/c1-16-11-21(32)12-17(2)25(16)26(33)30-9-10-31(23-8-3-18(14-29)13-22(23)28)24(15-30)19-4-6-20(27)7-5-19/h3-8,11-13,24,32H,9-10,15H2,1-2H3/t24-/m0/s1. The number of carbonyl (C=O) groups excluding carboxylic acids is 1. The Kier molecular flexibility index (Phi) is 6.51. The number of phenols is 1. The van der Waals surface area contributed by atoms with Gasteiger partial charge in [-0.2, -0.15) is 5.26 Å². The number of hydrogen-bond donors (Lipinski definition) is 1. The van der Waals surface area contributed by atoms with Gasteiger partial charge >= 0.3 is 0 Å². The average molecular weight is 480 g/mol. The molecule has 1 atom stereocenters. The fourth-order valence-corrected chi connectivity index (χ4v) is 4.89. The van der Waals surface area contributed by atoms with Gasteiger partial charge < -0.3 is 14.9 Å². The van der Waals surface area contributed by atoms with E-state index < -0.39 is 0 Å². The maximum absolute atomic E-state index is 13.5. The Morgan fingerprint density at radius 2 is 1.70 bits per heavy atom. The van der Waals surface area contributed by atoms with Gasteiger partial charge in [0.25, 0.3) is 5.91 Å². The second-order valence-electron chi connectivity index (χ2n) is 8.24. The summed E-state index contributed by atoms with van der Waals surface area (Å²) in [5.41, 5.74) is 4.44. The molecular formula is C26H23Cl2N3O2. The van der Waals surface area contributed by atoms with Crippen molar-refractivity contribution in [3.05, 3.63) is 92.5 Å². The zero-order valence-corrected chi connectivity index (χ0v) is 19.9. The molecule has 5 nitrogen and oxygen atoms in total. The second-order valence-corrected chi connectivity index (χ2v) is 9.09. The molecule has 33 heavy (non-hydrogen) atoms. The van der Waals surface area contributed by atoms with Gasteiger partial charge in [-0.15, -0.1) is 0 Å². The van der Waals surface area contributed by atoms with Crippen LogP contribution in [-0.2, 0) is 0 Å². The van der Waals surface area contributed by atoms with Crippen molar-refractivity contribution in [3.8, 4) is 11.8 Å². The van der Waals surface area contributed by atoms with E-state index in [1.807, 2.05) is 49.1 Å². The third-order valence-corrected chi connectivity index (χ3v) is 6.59. The molecule has 1 heterocycles. The van der Waals surface area contributed by atoms with Crippen LogP contribution >= 0.6 is 23.2 Å². The number of rotatable bonds is 3. The van der Waals surface area contributed by atoms with E-state index in [1.54, 1.807) is 24.3 Å². The summed E-state index contributed by atoms with van der Waals surface area (Å²) in [6.07, 6.45) is 0. The third-order valence-electron chi connectivity index (χ3n) is 6.04. The highest BCUT2D eigenvalue weighted by molar-refractivity contribution is 6.33. The summed E-state index contributed by atoms with van der Waals surface area (Å²) in [7, 11) is 0.